The number of carbonyl (C=O) groups excluding carboxylic acids is 5. The Kier molecular flexibility index (Phi) is 8.82. The molecule has 3 N–H and O–H groups in total. The first kappa shape index (κ1) is 32.8. The molecule has 1 unspecified atom stereocenters. The van der Waals surface area contributed by atoms with Gasteiger partial charge >= 0.3 is 0 Å². The fourth-order valence-electron chi connectivity index (χ4n) is 7.65. The van der Waals surface area contributed by atoms with Crippen LogP contribution < -0.4 is 15.5 Å². The molecule has 3 fully saturated rings. The molecule has 3 saturated heterocycles. The summed E-state index contributed by atoms with van der Waals surface area (Å²) in [5.74, 6) is -1.21. The van der Waals surface area contributed by atoms with Crippen LogP contribution in [0, 0.1) is 0 Å². The quantitative estimate of drug-likeness (QED) is 0.225. The maximum absolute atomic E-state index is 13.5. The molecule has 4 aromatic rings. The molecule has 0 spiro atoms. The topological polar surface area (TPSA) is 151 Å². The van der Waals surface area contributed by atoms with Crippen LogP contribution in [-0.4, -0.2) is 106 Å². The molecule has 3 aromatic carbocycles. The van der Waals surface area contributed by atoms with E-state index in [1.807, 2.05) is 48.5 Å². The molecule has 0 saturated carbocycles. The number of nitrogens with one attached hydrogen (secondary N) is 3. The SMILES string of the molecule is O=C1CCC(N2C(=O)c3cccc(N4CCN(CCc5ccc(C(=O)Nc6ccc7nc(CN8CCCC8)[nH]c7c6)cc5)CC4)c3C2=O)C(=O)N1. The van der Waals surface area contributed by atoms with E-state index in [9.17, 15) is 24.0 Å². The van der Waals surface area contributed by atoms with Crippen LogP contribution in [0.1, 0.15) is 68.1 Å². The van der Waals surface area contributed by atoms with Crippen molar-refractivity contribution in [1.29, 1.82) is 0 Å². The number of imidazole rings is 1. The molecule has 8 rings (SSSR count). The summed E-state index contributed by atoms with van der Waals surface area (Å²) in [7, 11) is 0. The first-order valence-electron chi connectivity index (χ1n) is 17.7. The van der Waals surface area contributed by atoms with Crippen molar-refractivity contribution in [2.24, 2.45) is 0 Å². The highest BCUT2D eigenvalue weighted by Crippen LogP contribution is 2.34. The lowest BCUT2D eigenvalue weighted by Crippen LogP contribution is -2.54. The van der Waals surface area contributed by atoms with Gasteiger partial charge in [0.1, 0.15) is 11.9 Å². The van der Waals surface area contributed by atoms with Gasteiger partial charge in [-0.3, -0.25) is 44.0 Å². The predicted octanol–water partition coefficient (Wildman–Crippen LogP) is 3.18. The summed E-state index contributed by atoms with van der Waals surface area (Å²) in [6.45, 7) is 6.80. The minimum atomic E-state index is -0.987. The van der Waals surface area contributed by atoms with Crippen molar-refractivity contribution < 1.29 is 24.0 Å². The van der Waals surface area contributed by atoms with Gasteiger partial charge in [-0.05, 0) is 86.8 Å². The van der Waals surface area contributed by atoms with Crippen molar-refractivity contribution in [2.45, 2.75) is 44.7 Å². The Balaban J connectivity index is 0.834. The Bertz CT molecular complexity index is 2030. The molecule has 5 heterocycles. The number of benzene rings is 3. The molecule has 1 atom stereocenters. The van der Waals surface area contributed by atoms with Gasteiger partial charge in [0.25, 0.3) is 17.7 Å². The van der Waals surface area contributed by atoms with E-state index in [0.29, 0.717) is 35.5 Å². The van der Waals surface area contributed by atoms with Crippen LogP contribution in [0.3, 0.4) is 0 Å². The van der Waals surface area contributed by atoms with Crippen LogP contribution in [-0.2, 0) is 22.6 Å². The number of anilines is 2. The van der Waals surface area contributed by atoms with Crippen molar-refractivity contribution in [1.82, 2.24) is 30.0 Å². The fourth-order valence-corrected chi connectivity index (χ4v) is 7.65. The molecule has 51 heavy (non-hydrogen) atoms. The third-order valence-electron chi connectivity index (χ3n) is 10.5. The number of carbonyl (C=O) groups is 5. The molecule has 5 amide bonds. The Hall–Kier alpha value is -5.40. The Morgan fingerprint density at radius 2 is 1.65 bits per heavy atom. The van der Waals surface area contributed by atoms with Gasteiger partial charge < -0.3 is 15.2 Å². The van der Waals surface area contributed by atoms with Gasteiger partial charge in [0, 0.05) is 50.4 Å². The van der Waals surface area contributed by atoms with E-state index in [-0.39, 0.29) is 18.7 Å². The standard InChI is InChI=1S/C38H40N8O5/c47-33-13-12-31(36(49)42-33)46-37(50)27-4-3-5-30(34(27)38(46)51)45-20-18-43(19-21-45)17-14-24-6-8-25(9-7-24)35(48)39-26-10-11-28-29(22-26)41-32(40-28)23-44-15-1-2-16-44/h3-11,22,31H,1-2,12-21,23H2,(H,39,48)(H,40,41)(H,42,47,49). The monoisotopic (exact) mass is 688 g/mol. The lowest BCUT2D eigenvalue weighted by atomic mass is 10.0. The molecular weight excluding hydrogens is 648 g/mol. The minimum absolute atomic E-state index is 0.0854. The van der Waals surface area contributed by atoms with Gasteiger partial charge in [-0.1, -0.05) is 18.2 Å². The third-order valence-corrected chi connectivity index (χ3v) is 10.5. The molecule has 4 aliphatic rings. The number of hydrogen-bond donors (Lipinski definition) is 3. The summed E-state index contributed by atoms with van der Waals surface area (Å²) >= 11 is 0. The smallest absolute Gasteiger partial charge is 0.264 e. The molecule has 0 radical (unpaired) electrons. The van der Waals surface area contributed by atoms with E-state index < -0.39 is 29.7 Å². The predicted molar refractivity (Wildman–Crippen MR) is 190 cm³/mol. The average molecular weight is 689 g/mol. The maximum Gasteiger partial charge on any atom is 0.264 e. The fraction of sp³-hybridized carbons (Fsp3) is 0.368. The number of piperazine rings is 1. The minimum Gasteiger partial charge on any atom is -0.368 e. The number of amides is 5. The summed E-state index contributed by atoms with van der Waals surface area (Å²) in [6, 6.07) is 17.7. The average Bonchev–Trinajstić information content (AvgIpc) is 3.86. The van der Waals surface area contributed by atoms with Gasteiger partial charge in [0.15, 0.2) is 0 Å². The normalized spacial score (nSPS) is 20.0. The van der Waals surface area contributed by atoms with E-state index >= 15 is 0 Å². The molecule has 4 aliphatic heterocycles. The van der Waals surface area contributed by atoms with Crippen LogP contribution in [0.5, 0.6) is 0 Å². The Labute approximate surface area is 295 Å². The number of aromatic amines is 1. The van der Waals surface area contributed by atoms with Crippen LogP contribution in [0.2, 0.25) is 0 Å². The second-order valence-corrected chi connectivity index (χ2v) is 13.8. The van der Waals surface area contributed by atoms with Gasteiger partial charge in [-0.25, -0.2) is 4.98 Å². The molecule has 13 heteroatoms. The first-order chi connectivity index (χ1) is 24.8. The highest BCUT2D eigenvalue weighted by atomic mass is 16.2. The zero-order valence-corrected chi connectivity index (χ0v) is 28.3. The number of piperidine rings is 1. The van der Waals surface area contributed by atoms with Gasteiger partial charge in [-0.2, -0.15) is 0 Å². The lowest BCUT2D eigenvalue weighted by molar-refractivity contribution is -0.136. The number of fused-ring (bicyclic) bond motifs is 2. The maximum atomic E-state index is 13.5. The van der Waals surface area contributed by atoms with Crippen molar-refractivity contribution >= 4 is 51.9 Å². The van der Waals surface area contributed by atoms with E-state index in [2.05, 4.69) is 30.3 Å². The highest BCUT2D eigenvalue weighted by Gasteiger charge is 2.46. The molecule has 1 aromatic heterocycles. The summed E-state index contributed by atoms with van der Waals surface area (Å²) in [5.41, 5.74) is 5.56. The van der Waals surface area contributed by atoms with Gasteiger partial charge in [0.05, 0.1) is 34.4 Å². The summed E-state index contributed by atoms with van der Waals surface area (Å²) in [6.07, 6.45) is 3.51. The lowest BCUT2D eigenvalue weighted by Gasteiger charge is -2.36. The van der Waals surface area contributed by atoms with Gasteiger partial charge in [0.2, 0.25) is 11.8 Å². The first-order valence-corrected chi connectivity index (χ1v) is 17.7. The molecule has 0 aliphatic carbocycles. The zero-order valence-electron chi connectivity index (χ0n) is 28.3. The second-order valence-electron chi connectivity index (χ2n) is 13.8. The number of aromatic nitrogens is 2. The largest absolute Gasteiger partial charge is 0.368 e. The van der Waals surface area contributed by atoms with Crippen molar-refractivity contribution in [3.05, 3.63) is 88.7 Å². The molecule has 0 bridgehead atoms. The number of imide groups is 2. The van der Waals surface area contributed by atoms with Crippen molar-refractivity contribution in [3.63, 3.8) is 0 Å². The summed E-state index contributed by atoms with van der Waals surface area (Å²) < 4.78 is 0. The number of likely N-dealkylation sites (tertiary alicyclic amines) is 1. The number of nitrogens with zero attached hydrogens (tertiary/aromatic N) is 5. The van der Waals surface area contributed by atoms with Crippen molar-refractivity contribution in [2.75, 3.05) is 56.0 Å². The second kappa shape index (κ2) is 13.7. The van der Waals surface area contributed by atoms with E-state index in [1.54, 1.807) is 12.1 Å². The molecule has 13 nitrogen and oxygen atoms in total. The van der Waals surface area contributed by atoms with E-state index in [1.165, 1.54) is 12.8 Å². The number of H-pyrrole nitrogens is 1. The van der Waals surface area contributed by atoms with Crippen LogP contribution >= 0.6 is 0 Å². The van der Waals surface area contributed by atoms with E-state index in [0.717, 1.165) is 78.7 Å². The van der Waals surface area contributed by atoms with Crippen LogP contribution in [0.15, 0.2) is 60.7 Å². The van der Waals surface area contributed by atoms with Crippen LogP contribution in [0.25, 0.3) is 11.0 Å². The molecule has 262 valence electrons. The molecular formula is C38H40N8O5. The Morgan fingerprint density at radius 3 is 2.41 bits per heavy atom. The zero-order chi connectivity index (χ0) is 35.1. The summed E-state index contributed by atoms with van der Waals surface area (Å²) in [4.78, 5) is 80.0. The highest BCUT2D eigenvalue weighted by molar-refractivity contribution is 6.25. The van der Waals surface area contributed by atoms with E-state index in [4.69, 9.17) is 4.98 Å². The number of hydrogen-bond acceptors (Lipinski definition) is 9. The summed E-state index contributed by atoms with van der Waals surface area (Å²) in [5, 5.41) is 5.26. The Morgan fingerprint density at radius 1 is 0.863 bits per heavy atom. The third kappa shape index (κ3) is 6.62. The van der Waals surface area contributed by atoms with Crippen molar-refractivity contribution in [3.8, 4) is 0 Å². The van der Waals surface area contributed by atoms with Gasteiger partial charge in [-0.15, -0.1) is 0 Å². The van der Waals surface area contributed by atoms with Crippen LogP contribution in [0.4, 0.5) is 11.4 Å². The number of rotatable bonds is 9.